The van der Waals surface area contributed by atoms with E-state index in [-0.39, 0.29) is 18.5 Å². The van der Waals surface area contributed by atoms with Crippen molar-refractivity contribution >= 4 is 23.5 Å². The summed E-state index contributed by atoms with van der Waals surface area (Å²) in [5.41, 5.74) is 1.09. The molecule has 3 rings (SSSR count). The van der Waals surface area contributed by atoms with Gasteiger partial charge < -0.3 is 15.4 Å². The minimum Gasteiger partial charge on any atom is -0.406 e. The average molecular weight is 435 g/mol. The molecule has 1 aliphatic heterocycles. The summed E-state index contributed by atoms with van der Waals surface area (Å²) in [6.07, 6.45) is -4.77. The van der Waals surface area contributed by atoms with E-state index in [1.165, 1.54) is 12.1 Å². The minimum absolute atomic E-state index is 0.0644. The Morgan fingerprint density at radius 1 is 1.13 bits per heavy atom. The highest BCUT2D eigenvalue weighted by molar-refractivity contribution is 6.05. The second-order valence-corrected chi connectivity index (χ2v) is 6.96. The van der Waals surface area contributed by atoms with E-state index < -0.39 is 42.0 Å². The summed E-state index contributed by atoms with van der Waals surface area (Å²) in [5, 5.41) is 5.12. The molecular formula is C21H20F3N3O4. The lowest BCUT2D eigenvalue weighted by atomic mass is 10.1. The average Bonchev–Trinajstić information content (AvgIpc) is 3.00. The van der Waals surface area contributed by atoms with Crippen LogP contribution in [0.15, 0.2) is 54.6 Å². The normalized spacial score (nSPS) is 17.3. The third-order valence-electron chi connectivity index (χ3n) is 4.75. The number of rotatable bonds is 7. The van der Waals surface area contributed by atoms with E-state index in [0.717, 1.165) is 22.6 Å². The fourth-order valence-corrected chi connectivity index (χ4v) is 3.23. The number of ether oxygens (including phenoxy) is 1. The molecule has 0 bridgehead atoms. The zero-order valence-electron chi connectivity index (χ0n) is 16.5. The van der Waals surface area contributed by atoms with Crippen molar-refractivity contribution in [1.82, 2.24) is 10.2 Å². The smallest absolute Gasteiger partial charge is 0.406 e. The van der Waals surface area contributed by atoms with Crippen LogP contribution < -0.4 is 15.4 Å². The maximum absolute atomic E-state index is 12.7. The predicted molar refractivity (Wildman–Crippen MR) is 105 cm³/mol. The molecule has 1 aliphatic rings. The van der Waals surface area contributed by atoms with Gasteiger partial charge in [-0.3, -0.25) is 14.5 Å². The first-order valence-corrected chi connectivity index (χ1v) is 9.48. The van der Waals surface area contributed by atoms with Gasteiger partial charge in [-0.15, -0.1) is 13.2 Å². The van der Waals surface area contributed by atoms with Crippen LogP contribution in [0.5, 0.6) is 5.75 Å². The molecule has 0 saturated carbocycles. The van der Waals surface area contributed by atoms with E-state index in [4.69, 9.17) is 0 Å². The highest BCUT2D eigenvalue weighted by Crippen LogP contribution is 2.26. The summed E-state index contributed by atoms with van der Waals surface area (Å²) >= 11 is 0. The molecule has 0 aliphatic carbocycles. The minimum atomic E-state index is -4.80. The third-order valence-corrected chi connectivity index (χ3v) is 4.75. The Hall–Kier alpha value is -3.56. The number of halogens is 3. The molecule has 2 atom stereocenters. The molecule has 2 N–H and O–H groups in total. The van der Waals surface area contributed by atoms with Crippen molar-refractivity contribution in [3.63, 3.8) is 0 Å². The number of hydrogen-bond donors (Lipinski definition) is 2. The summed E-state index contributed by atoms with van der Waals surface area (Å²) in [4.78, 5) is 38.2. The molecule has 4 amide bonds. The van der Waals surface area contributed by atoms with Crippen LogP contribution in [0.2, 0.25) is 0 Å². The summed E-state index contributed by atoms with van der Waals surface area (Å²) in [7, 11) is 0. The number of benzene rings is 2. The van der Waals surface area contributed by atoms with Crippen LogP contribution in [-0.2, 0) is 9.59 Å². The summed E-state index contributed by atoms with van der Waals surface area (Å²) in [5.74, 6) is -1.26. The second-order valence-electron chi connectivity index (χ2n) is 6.96. The molecule has 1 fully saturated rings. The van der Waals surface area contributed by atoms with Gasteiger partial charge in [0.15, 0.2) is 0 Å². The Morgan fingerprint density at radius 3 is 2.39 bits per heavy atom. The Labute approximate surface area is 176 Å². The van der Waals surface area contributed by atoms with Gasteiger partial charge in [-0.25, -0.2) is 4.79 Å². The molecule has 0 unspecified atom stereocenters. The number of amides is 4. The van der Waals surface area contributed by atoms with Crippen molar-refractivity contribution < 1.29 is 32.3 Å². The lowest BCUT2D eigenvalue weighted by Gasteiger charge is -2.21. The fourth-order valence-electron chi connectivity index (χ4n) is 3.23. The maximum Gasteiger partial charge on any atom is 0.573 e. The van der Waals surface area contributed by atoms with Crippen molar-refractivity contribution in [3.8, 4) is 5.75 Å². The SMILES string of the molecule is C[C@H](c1ccccc1)N1C(=O)N[C@@H](CCC(=O)Nc2ccc(OC(F)(F)F)cc2)C1=O. The molecular weight excluding hydrogens is 415 g/mol. The van der Waals surface area contributed by atoms with Crippen LogP contribution in [0.25, 0.3) is 0 Å². The van der Waals surface area contributed by atoms with Gasteiger partial charge in [0.1, 0.15) is 11.8 Å². The zero-order chi connectivity index (χ0) is 22.6. The topological polar surface area (TPSA) is 87.7 Å². The standard InChI is InChI=1S/C21H20F3N3O4/c1-13(14-5-3-2-4-6-14)27-19(29)17(26-20(27)30)11-12-18(28)25-15-7-9-16(10-8-15)31-21(22,23)24/h2-10,13,17H,11-12H2,1H3,(H,25,28)(H,26,30)/t13-,17+/m1/s1. The van der Waals surface area contributed by atoms with E-state index in [1.54, 1.807) is 6.92 Å². The van der Waals surface area contributed by atoms with E-state index >= 15 is 0 Å². The summed E-state index contributed by atoms with van der Waals surface area (Å²) < 4.78 is 40.3. The van der Waals surface area contributed by atoms with E-state index in [2.05, 4.69) is 15.4 Å². The van der Waals surface area contributed by atoms with Crippen LogP contribution in [0.4, 0.5) is 23.7 Å². The molecule has 2 aromatic carbocycles. The lowest BCUT2D eigenvalue weighted by Crippen LogP contribution is -2.34. The number of urea groups is 1. The Kier molecular flexibility index (Phi) is 6.47. The number of imide groups is 1. The number of nitrogens with one attached hydrogen (secondary N) is 2. The number of carbonyl (C=O) groups excluding carboxylic acids is 3. The number of alkyl halides is 3. The molecule has 0 radical (unpaired) electrons. The Balaban J connectivity index is 1.52. The number of anilines is 1. The molecule has 0 aromatic heterocycles. The molecule has 7 nitrogen and oxygen atoms in total. The van der Waals surface area contributed by atoms with Gasteiger partial charge in [0.25, 0.3) is 5.91 Å². The maximum atomic E-state index is 12.7. The van der Waals surface area contributed by atoms with Crippen LogP contribution in [0, 0.1) is 0 Å². The molecule has 1 heterocycles. The van der Waals surface area contributed by atoms with Crippen LogP contribution >= 0.6 is 0 Å². The first kappa shape index (κ1) is 22.1. The fraction of sp³-hybridized carbons (Fsp3) is 0.286. The monoisotopic (exact) mass is 435 g/mol. The van der Waals surface area contributed by atoms with Gasteiger partial charge >= 0.3 is 12.4 Å². The van der Waals surface area contributed by atoms with Gasteiger partial charge in [-0.2, -0.15) is 0 Å². The molecule has 10 heteroatoms. The molecule has 2 aromatic rings. The largest absolute Gasteiger partial charge is 0.573 e. The van der Waals surface area contributed by atoms with Crippen molar-refractivity contribution in [1.29, 1.82) is 0 Å². The first-order chi connectivity index (χ1) is 14.6. The van der Waals surface area contributed by atoms with E-state index in [9.17, 15) is 27.6 Å². The van der Waals surface area contributed by atoms with Crippen molar-refractivity contribution in [2.75, 3.05) is 5.32 Å². The third kappa shape index (κ3) is 5.74. The Morgan fingerprint density at radius 2 is 1.77 bits per heavy atom. The van der Waals surface area contributed by atoms with E-state index in [0.29, 0.717) is 0 Å². The van der Waals surface area contributed by atoms with Gasteiger partial charge in [-0.1, -0.05) is 30.3 Å². The van der Waals surface area contributed by atoms with Crippen LogP contribution in [0.3, 0.4) is 0 Å². The zero-order valence-corrected chi connectivity index (χ0v) is 16.5. The second kappa shape index (κ2) is 9.07. The number of nitrogens with zero attached hydrogens (tertiary/aromatic N) is 1. The van der Waals surface area contributed by atoms with Crippen LogP contribution in [0.1, 0.15) is 31.4 Å². The summed E-state index contributed by atoms with van der Waals surface area (Å²) in [6, 6.07) is 12.0. The van der Waals surface area contributed by atoms with Crippen LogP contribution in [-0.4, -0.2) is 35.1 Å². The number of carbonyl (C=O) groups is 3. The van der Waals surface area contributed by atoms with Gasteiger partial charge in [0, 0.05) is 12.1 Å². The van der Waals surface area contributed by atoms with Gasteiger partial charge in [0.2, 0.25) is 5.91 Å². The summed E-state index contributed by atoms with van der Waals surface area (Å²) in [6.45, 7) is 1.74. The molecule has 0 spiro atoms. The highest BCUT2D eigenvalue weighted by Gasteiger charge is 2.40. The van der Waals surface area contributed by atoms with E-state index in [1.807, 2.05) is 30.3 Å². The lowest BCUT2D eigenvalue weighted by molar-refractivity contribution is -0.274. The quantitative estimate of drug-likeness (QED) is 0.644. The Bertz CT molecular complexity index is 949. The molecule has 1 saturated heterocycles. The van der Waals surface area contributed by atoms with Crippen molar-refractivity contribution in [2.24, 2.45) is 0 Å². The first-order valence-electron chi connectivity index (χ1n) is 9.48. The molecule has 31 heavy (non-hydrogen) atoms. The van der Waals surface area contributed by atoms with Crippen molar-refractivity contribution in [3.05, 3.63) is 60.2 Å². The number of hydrogen-bond acceptors (Lipinski definition) is 4. The highest BCUT2D eigenvalue weighted by atomic mass is 19.4. The van der Waals surface area contributed by atoms with Gasteiger partial charge in [0.05, 0.1) is 6.04 Å². The van der Waals surface area contributed by atoms with Gasteiger partial charge in [-0.05, 0) is 43.2 Å². The molecule has 164 valence electrons. The van der Waals surface area contributed by atoms with Crippen molar-refractivity contribution in [2.45, 2.75) is 38.2 Å². The predicted octanol–water partition coefficient (Wildman–Crippen LogP) is 3.99.